The number of benzene rings is 1. The minimum Gasteiger partial charge on any atom is -0.481 e. The Morgan fingerprint density at radius 2 is 1.82 bits per heavy atom. The number of fused-ring (bicyclic) bond motifs is 1. The Kier molecular flexibility index (Phi) is 4.19. The van der Waals surface area contributed by atoms with Crippen LogP contribution in [0.5, 0.6) is 0 Å². The van der Waals surface area contributed by atoms with Gasteiger partial charge in [-0.3, -0.25) is 9.59 Å². The maximum atomic E-state index is 13.0. The molecule has 1 amide bonds. The van der Waals surface area contributed by atoms with Gasteiger partial charge in [-0.2, -0.15) is 0 Å². The second-order valence-electron chi connectivity index (χ2n) is 6.58. The van der Waals surface area contributed by atoms with Gasteiger partial charge in [-0.15, -0.1) is 0 Å². The highest BCUT2D eigenvalue weighted by atomic mass is 16.4. The first-order valence-electron chi connectivity index (χ1n) is 8.24. The minimum atomic E-state index is -0.802. The summed E-state index contributed by atoms with van der Waals surface area (Å²) in [7, 11) is 0. The number of carbonyl (C=O) groups is 2. The van der Waals surface area contributed by atoms with Crippen LogP contribution >= 0.6 is 0 Å². The SMILES string of the molecule is CC1CC(C(=O)O)c2ccccc2N1C(=O)C1CCCCC1. The molecular weight excluding hydrogens is 278 g/mol. The van der Waals surface area contributed by atoms with Crippen LogP contribution < -0.4 is 4.90 Å². The normalized spacial score (nSPS) is 25.6. The summed E-state index contributed by atoms with van der Waals surface area (Å²) in [6, 6.07) is 7.42. The van der Waals surface area contributed by atoms with Crippen LogP contribution in [0, 0.1) is 5.92 Å². The predicted octanol–water partition coefficient (Wildman–Crippen LogP) is 3.56. The van der Waals surface area contributed by atoms with Gasteiger partial charge in [-0.05, 0) is 37.8 Å². The number of carbonyl (C=O) groups excluding carboxylic acids is 1. The maximum Gasteiger partial charge on any atom is 0.311 e. The molecule has 1 aromatic carbocycles. The van der Waals surface area contributed by atoms with Crippen LogP contribution in [0.1, 0.15) is 56.9 Å². The highest BCUT2D eigenvalue weighted by molar-refractivity contribution is 5.98. The summed E-state index contributed by atoms with van der Waals surface area (Å²) in [6.45, 7) is 1.96. The fraction of sp³-hybridized carbons (Fsp3) is 0.556. The molecule has 1 saturated carbocycles. The van der Waals surface area contributed by atoms with Crippen LogP contribution in [0.15, 0.2) is 24.3 Å². The van der Waals surface area contributed by atoms with Gasteiger partial charge < -0.3 is 10.0 Å². The third-order valence-electron chi connectivity index (χ3n) is 5.08. The van der Waals surface area contributed by atoms with E-state index < -0.39 is 11.9 Å². The molecule has 1 heterocycles. The molecule has 0 saturated heterocycles. The number of carboxylic acid groups (broad SMARTS) is 1. The highest BCUT2D eigenvalue weighted by Crippen LogP contribution is 2.40. The average Bonchev–Trinajstić information content (AvgIpc) is 2.54. The van der Waals surface area contributed by atoms with E-state index in [4.69, 9.17) is 0 Å². The van der Waals surface area contributed by atoms with E-state index >= 15 is 0 Å². The second kappa shape index (κ2) is 6.11. The van der Waals surface area contributed by atoms with Crippen molar-refractivity contribution in [2.75, 3.05) is 4.90 Å². The zero-order valence-electron chi connectivity index (χ0n) is 13.0. The van der Waals surface area contributed by atoms with Crippen LogP contribution in [0.4, 0.5) is 5.69 Å². The third kappa shape index (κ3) is 2.62. The van der Waals surface area contributed by atoms with E-state index in [1.807, 2.05) is 36.1 Å². The van der Waals surface area contributed by atoms with Crippen LogP contribution in [-0.4, -0.2) is 23.0 Å². The van der Waals surface area contributed by atoms with Crippen molar-refractivity contribution in [3.05, 3.63) is 29.8 Å². The summed E-state index contributed by atoms with van der Waals surface area (Å²) >= 11 is 0. The molecule has 2 atom stereocenters. The number of hydrogen-bond acceptors (Lipinski definition) is 2. The van der Waals surface area contributed by atoms with Gasteiger partial charge in [-0.1, -0.05) is 37.5 Å². The summed E-state index contributed by atoms with van der Waals surface area (Å²) in [5.74, 6) is -1.03. The van der Waals surface area contributed by atoms with E-state index in [0.717, 1.165) is 36.9 Å². The molecule has 0 aromatic heterocycles. The fourth-order valence-corrected chi connectivity index (χ4v) is 3.93. The Hall–Kier alpha value is -1.84. The largest absolute Gasteiger partial charge is 0.481 e. The van der Waals surface area contributed by atoms with Crippen LogP contribution in [-0.2, 0) is 9.59 Å². The van der Waals surface area contributed by atoms with E-state index in [-0.39, 0.29) is 17.9 Å². The molecule has 0 radical (unpaired) electrons. The van der Waals surface area contributed by atoms with Gasteiger partial charge >= 0.3 is 5.97 Å². The van der Waals surface area contributed by atoms with Crippen molar-refractivity contribution in [3.63, 3.8) is 0 Å². The topological polar surface area (TPSA) is 57.6 Å². The van der Waals surface area contributed by atoms with Gasteiger partial charge in [0.05, 0.1) is 5.92 Å². The van der Waals surface area contributed by atoms with Gasteiger partial charge in [0, 0.05) is 17.6 Å². The van der Waals surface area contributed by atoms with E-state index in [1.165, 1.54) is 6.42 Å². The smallest absolute Gasteiger partial charge is 0.311 e. The lowest BCUT2D eigenvalue weighted by atomic mass is 9.83. The molecule has 0 bridgehead atoms. The summed E-state index contributed by atoms with van der Waals surface area (Å²) in [4.78, 5) is 26.4. The Morgan fingerprint density at radius 1 is 1.14 bits per heavy atom. The Morgan fingerprint density at radius 3 is 2.50 bits per heavy atom. The molecule has 2 unspecified atom stereocenters. The lowest BCUT2D eigenvalue weighted by Gasteiger charge is -2.40. The molecule has 22 heavy (non-hydrogen) atoms. The maximum absolute atomic E-state index is 13.0. The molecule has 3 rings (SSSR count). The lowest BCUT2D eigenvalue weighted by Crippen LogP contribution is -2.47. The number of nitrogens with zero attached hydrogens (tertiary/aromatic N) is 1. The van der Waals surface area contributed by atoms with Gasteiger partial charge in [0.25, 0.3) is 0 Å². The zero-order chi connectivity index (χ0) is 15.7. The number of amides is 1. The Balaban J connectivity index is 1.95. The molecular formula is C18H23NO3. The van der Waals surface area contributed by atoms with E-state index in [0.29, 0.717) is 6.42 Å². The number of hydrogen-bond donors (Lipinski definition) is 1. The van der Waals surface area contributed by atoms with Gasteiger partial charge in [0.15, 0.2) is 0 Å². The molecule has 1 fully saturated rings. The first-order chi connectivity index (χ1) is 10.6. The molecule has 1 aromatic rings. The van der Waals surface area contributed by atoms with E-state index in [2.05, 4.69) is 0 Å². The number of para-hydroxylation sites is 1. The van der Waals surface area contributed by atoms with Crippen molar-refractivity contribution >= 4 is 17.6 Å². The van der Waals surface area contributed by atoms with E-state index in [1.54, 1.807) is 0 Å². The molecule has 118 valence electrons. The minimum absolute atomic E-state index is 0.0644. The molecule has 1 aliphatic carbocycles. The van der Waals surface area contributed by atoms with Crippen molar-refractivity contribution in [1.82, 2.24) is 0 Å². The standard InChI is InChI=1S/C18H23NO3/c1-12-11-15(18(21)22)14-9-5-6-10-16(14)19(12)17(20)13-7-3-2-4-8-13/h5-6,9-10,12-13,15H,2-4,7-8,11H2,1H3,(H,21,22). The number of aliphatic carboxylic acids is 1. The molecule has 0 spiro atoms. The fourth-order valence-electron chi connectivity index (χ4n) is 3.93. The predicted molar refractivity (Wildman–Crippen MR) is 85.0 cm³/mol. The summed E-state index contributed by atoms with van der Waals surface area (Å²) < 4.78 is 0. The molecule has 2 aliphatic rings. The molecule has 1 aliphatic heterocycles. The first kappa shape index (κ1) is 15.1. The second-order valence-corrected chi connectivity index (χ2v) is 6.58. The van der Waals surface area contributed by atoms with Crippen LogP contribution in [0.3, 0.4) is 0 Å². The zero-order valence-corrected chi connectivity index (χ0v) is 13.0. The highest BCUT2D eigenvalue weighted by Gasteiger charge is 2.38. The van der Waals surface area contributed by atoms with Crippen molar-refractivity contribution in [2.24, 2.45) is 5.92 Å². The van der Waals surface area contributed by atoms with Crippen molar-refractivity contribution in [1.29, 1.82) is 0 Å². The average molecular weight is 301 g/mol. The molecule has 1 N–H and O–H groups in total. The van der Waals surface area contributed by atoms with Gasteiger partial charge in [0.2, 0.25) is 5.91 Å². The lowest BCUT2D eigenvalue weighted by molar-refractivity contribution is -0.139. The van der Waals surface area contributed by atoms with Crippen molar-refractivity contribution in [3.8, 4) is 0 Å². The molecule has 4 heteroatoms. The van der Waals surface area contributed by atoms with Crippen molar-refractivity contribution < 1.29 is 14.7 Å². The molecule has 4 nitrogen and oxygen atoms in total. The number of anilines is 1. The summed E-state index contributed by atoms with van der Waals surface area (Å²) in [5.41, 5.74) is 1.57. The van der Waals surface area contributed by atoms with Crippen molar-refractivity contribution in [2.45, 2.75) is 57.4 Å². The van der Waals surface area contributed by atoms with Gasteiger partial charge in [0.1, 0.15) is 0 Å². The third-order valence-corrected chi connectivity index (χ3v) is 5.08. The monoisotopic (exact) mass is 301 g/mol. The van der Waals surface area contributed by atoms with Crippen LogP contribution in [0.2, 0.25) is 0 Å². The number of carboxylic acids is 1. The summed E-state index contributed by atoms with van der Waals surface area (Å²) in [5, 5.41) is 9.47. The number of rotatable bonds is 2. The van der Waals surface area contributed by atoms with E-state index in [9.17, 15) is 14.7 Å². The first-order valence-corrected chi connectivity index (χ1v) is 8.24. The Bertz CT molecular complexity index is 577. The Labute approximate surface area is 131 Å². The van der Waals surface area contributed by atoms with Crippen LogP contribution in [0.25, 0.3) is 0 Å². The quantitative estimate of drug-likeness (QED) is 0.908. The van der Waals surface area contributed by atoms with Gasteiger partial charge in [-0.25, -0.2) is 0 Å². The summed E-state index contributed by atoms with van der Waals surface area (Å²) in [6.07, 6.45) is 5.89.